The standard InChI is InChI=1S/C38H60O18/c1-16-11-37-9-5-20-35(2,7-4-8-36(20,3)34(49)50)21(37)6-10-38(16,15-37)56-33-30(55-32-28(48)26(46)23(43)18(13-40)52-32)29(24(44)19(14-41)53-33)54-31-27(47)25(45)22(42)17(12-39)51-31/h17-33,39-48H,1,4-15H2,2-3H3,(H,49,50). The van der Waals surface area contributed by atoms with Crippen LogP contribution in [0.15, 0.2) is 12.2 Å². The largest absolute Gasteiger partial charge is 0.481 e. The number of hydrogen-bond acceptors (Lipinski definition) is 17. The average molecular weight is 805 g/mol. The molecule has 21 atom stereocenters. The lowest BCUT2D eigenvalue weighted by molar-refractivity contribution is -0.400. The van der Waals surface area contributed by atoms with Crippen LogP contribution in [0.3, 0.4) is 0 Å². The van der Waals surface area contributed by atoms with Crippen molar-refractivity contribution in [3.05, 3.63) is 12.2 Å². The molecule has 0 radical (unpaired) electrons. The number of carbonyl (C=O) groups is 1. The van der Waals surface area contributed by atoms with Crippen molar-refractivity contribution in [2.75, 3.05) is 19.8 Å². The molecule has 3 aliphatic heterocycles. The van der Waals surface area contributed by atoms with Gasteiger partial charge in [-0.3, -0.25) is 4.79 Å². The third kappa shape index (κ3) is 6.69. The second-order valence-electron chi connectivity index (χ2n) is 18.0. The fourth-order valence-corrected chi connectivity index (χ4v) is 12.1. The van der Waals surface area contributed by atoms with Gasteiger partial charge >= 0.3 is 5.97 Å². The molecule has 0 aromatic carbocycles. The van der Waals surface area contributed by atoms with E-state index < -0.39 is 129 Å². The molecular formula is C38H60O18. The third-order valence-corrected chi connectivity index (χ3v) is 15.0. The molecule has 7 aliphatic rings. The van der Waals surface area contributed by atoms with E-state index in [1.165, 1.54) is 0 Å². The molecule has 18 heteroatoms. The Morgan fingerprint density at radius 2 is 1.20 bits per heavy atom. The maximum atomic E-state index is 12.7. The highest BCUT2D eigenvalue weighted by Crippen LogP contribution is 2.73. The van der Waals surface area contributed by atoms with Crippen LogP contribution in [0.5, 0.6) is 0 Å². The molecule has 0 amide bonds. The zero-order valence-electron chi connectivity index (χ0n) is 31.8. The molecule has 2 bridgehead atoms. The number of ether oxygens (including phenoxy) is 6. The highest BCUT2D eigenvalue weighted by molar-refractivity contribution is 5.75. The summed E-state index contributed by atoms with van der Waals surface area (Å²) in [6, 6.07) is 0. The van der Waals surface area contributed by atoms with Crippen molar-refractivity contribution < 1.29 is 89.4 Å². The molecule has 1 spiro atoms. The first kappa shape index (κ1) is 42.7. The molecule has 56 heavy (non-hydrogen) atoms. The summed E-state index contributed by atoms with van der Waals surface area (Å²) in [5, 5.41) is 116. The molecule has 21 unspecified atom stereocenters. The number of aliphatic hydroxyl groups is 10. The molecule has 3 saturated heterocycles. The van der Waals surface area contributed by atoms with Crippen LogP contribution in [0.4, 0.5) is 0 Å². The maximum absolute atomic E-state index is 12.7. The topological polar surface area (TPSA) is 295 Å². The van der Waals surface area contributed by atoms with Gasteiger partial charge in [0.25, 0.3) is 0 Å². The molecule has 0 aromatic rings. The number of carboxylic acids is 1. The Hall–Kier alpha value is -1.43. The van der Waals surface area contributed by atoms with Crippen LogP contribution >= 0.6 is 0 Å². The molecule has 3 heterocycles. The summed E-state index contributed by atoms with van der Waals surface area (Å²) in [7, 11) is 0. The van der Waals surface area contributed by atoms with E-state index >= 15 is 0 Å². The van der Waals surface area contributed by atoms with Crippen molar-refractivity contribution in [2.45, 2.75) is 169 Å². The smallest absolute Gasteiger partial charge is 0.309 e. The van der Waals surface area contributed by atoms with E-state index in [1.807, 2.05) is 6.92 Å². The summed E-state index contributed by atoms with van der Waals surface area (Å²) in [5.41, 5.74) is -1.63. The lowest BCUT2D eigenvalue weighted by Crippen LogP contribution is -2.68. The number of aliphatic hydroxyl groups excluding tert-OH is 10. The second kappa shape index (κ2) is 15.6. The molecule has 4 aliphatic carbocycles. The lowest BCUT2D eigenvalue weighted by Gasteiger charge is -2.64. The average Bonchev–Trinajstić information content (AvgIpc) is 3.36. The van der Waals surface area contributed by atoms with Crippen molar-refractivity contribution in [1.82, 2.24) is 0 Å². The van der Waals surface area contributed by atoms with Gasteiger partial charge < -0.3 is 84.6 Å². The summed E-state index contributed by atoms with van der Waals surface area (Å²) in [6.45, 7) is 6.28. The van der Waals surface area contributed by atoms with E-state index in [0.717, 1.165) is 31.3 Å². The zero-order valence-corrected chi connectivity index (χ0v) is 31.8. The summed E-state index contributed by atoms with van der Waals surface area (Å²) in [5.74, 6) is -0.606. The van der Waals surface area contributed by atoms with Crippen molar-refractivity contribution in [2.24, 2.45) is 28.1 Å². The third-order valence-electron chi connectivity index (χ3n) is 15.0. The van der Waals surface area contributed by atoms with Gasteiger partial charge in [0.1, 0.15) is 73.2 Å². The number of carboxylic acid groups (broad SMARTS) is 1. The van der Waals surface area contributed by atoms with Crippen LogP contribution in [-0.4, -0.2) is 180 Å². The summed E-state index contributed by atoms with van der Waals surface area (Å²) in [4.78, 5) is 12.7. The van der Waals surface area contributed by atoms with Gasteiger partial charge in [-0.1, -0.05) is 19.9 Å². The number of rotatable bonds is 10. The normalized spacial score (nSPS) is 54.6. The van der Waals surface area contributed by atoms with Crippen LogP contribution in [0.1, 0.15) is 71.6 Å². The minimum Gasteiger partial charge on any atom is -0.481 e. The van der Waals surface area contributed by atoms with Gasteiger partial charge in [-0.2, -0.15) is 0 Å². The molecule has 4 saturated carbocycles. The Kier molecular flexibility index (Phi) is 11.9. The maximum Gasteiger partial charge on any atom is 0.309 e. The molecule has 0 aromatic heterocycles. The van der Waals surface area contributed by atoms with Gasteiger partial charge in [-0.05, 0) is 86.5 Å². The molecular weight excluding hydrogens is 744 g/mol. The SMILES string of the molecule is C=C1CC23CCC4C(C)(C(=O)O)CCCC4(C)C2CCC1(OC1OC(CO)C(O)C(OC2OC(CO)C(O)C(O)C2O)C1OC1OC(CO)C(O)C(O)C1O)C3. The van der Waals surface area contributed by atoms with Crippen LogP contribution in [0.25, 0.3) is 0 Å². The minimum atomic E-state index is -1.91. The molecule has 11 N–H and O–H groups in total. The predicted octanol–water partition coefficient (Wildman–Crippen LogP) is -2.37. The summed E-state index contributed by atoms with van der Waals surface area (Å²) >= 11 is 0. The Balaban J connectivity index is 1.21. The van der Waals surface area contributed by atoms with Crippen molar-refractivity contribution in [3.63, 3.8) is 0 Å². The van der Waals surface area contributed by atoms with E-state index in [1.54, 1.807) is 0 Å². The quantitative estimate of drug-likeness (QED) is 0.0812. The first-order valence-corrected chi connectivity index (χ1v) is 19.9. The fraction of sp³-hybridized carbons (Fsp3) is 0.921. The van der Waals surface area contributed by atoms with Crippen molar-refractivity contribution >= 4 is 5.97 Å². The highest BCUT2D eigenvalue weighted by Gasteiger charge is 2.69. The highest BCUT2D eigenvalue weighted by atomic mass is 16.8. The second-order valence-corrected chi connectivity index (χ2v) is 18.0. The van der Waals surface area contributed by atoms with Gasteiger partial charge in [0, 0.05) is 0 Å². The lowest BCUT2D eigenvalue weighted by atomic mass is 9.41. The Labute approximate surface area is 324 Å². The van der Waals surface area contributed by atoms with Gasteiger partial charge in [-0.25, -0.2) is 0 Å². The van der Waals surface area contributed by atoms with Crippen LogP contribution in [0.2, 0.25) is 0 Å². The van der Waals surface area contributed by atoms with E-state index in [9.17, 15) is 61.0 Å². The van der Waals surface area contributed by atoms with Gasteiger partial charge in [-0.15, -0.1) is 0 Å². The fourth-order valence-electron chi connectivity index (χ4n) is 12.1. The number of fused-ring (bicyclic) bond motifs is 3. The summed E-state index contributed by atoms with van der Waals surface area (Å²) in [6.07, 6.45) is -19.3. The number of hydrogen-bond donors (Lipinski definition) is 11. The Morgan fingerprint density at radius 1 is 0.679 bits per heavy atom. The molecule has 320 valence electrons. The van der Waals surface area contributed by atoms with E-state index in [2.05, 4.69) is 13.5 Å². The van der Waals surface area contributed by atoms with Gasteiger partial charge in [0.15, 0.2) is 18.9 Å². The van der Waals surface area contributed by atoms with E-state index in [-0.39, 0.29) is 22.7 Å². The van der Waals surface area contributed by atoms with Crippen molar-refractivity contribution in [1.29, 1.82) is 0 Å². The van der Waals surface area contributed by atoms with Gasteiger partial charge in [0.05, 0.1) is 30.8 Å². The first-order chi connectivity index (χ1) is 26.4. The molecule has 18 nitrogen and oxygen atoms in total. The van der Waals surface area contributed by atoms with Crippen molar-refractivity contribution in [3.8, 4) is 0 Å². The van der Waals surface area contributed by atoms with E-state index in [0.29, 0.717) is 32.1 Å². The Bertz CT molecular complexity index is 1450. The van der Waals surface area contributed by atoms with Crippen LogP contribution in [-0.2, 0) is 33.2 Å². The Morgan fingerprint density at radius 3 is 1.75 bits per heavy atom. The van der Waals surface area contributed by atoms with Gasteiger partial charge in [0.2, 0.25) is 0 Å². The monoisotopic (exact) mass is 804 g/mol. The van der Waals surface area contributed by atoms with Crippen LogP contribution in [0, 0.1) is 28.1 Å². The zero-order chi connectivity index (χ0) is 40.7. The number of aliphatic carboxylic acids is 1. The molecule has 7 fully saturated rings. The first-order valence-electron chi connectivity index (χ1n) is 19.9. The summed E-state index contributed by atoms with van der Waals surface area (Å²) < 4.78 is 36.7. The van der Waals surface area contributed by atoms with Crippen LogP contribution < -0.4 is 0 Å². The van der Waals surface area contributed by atoms with E-state index in [4.69, 9.17) is 28.4 Å². The predicted molar refractivity (Wildman–Crippen MR) is 187 cm³/mol. The minimum absolute atomic E-state index is 0.00993. The molecule has 7 rings (SSSR count).